The predicted octanol–water partition coefficient (Wildman–Crippen LogP) is 2.38. The molecule has 1 aromatic carbocycles. The zero-order chi connectivity index (χ0) is 14.3. The Kier molecular flexibility index (Phi) is 7.53. The number of halogens is 2. The molecule has 0 fully saturated rings. The third-order valence-corrected chi connectivity index (χ3v) is 3.84. The fourth-order valence-electron chi connectivity index (χ4n) is 1.90. The molecule has 0 spiro atoms. The second kappa shape index (κ2) is 8.64. The summed E-state index contributed by atoms with van der Waals surface area (Å²) in [4.78, 5) is 2.17. The average Bonchev–Trinajstić information content (AvgIpc) is 2.40. The summed E-state index contributed by atoms with van der Waals surface area (Å²) in [7, 11) is 0. The molecule has 0 amide bonds. The molecular weight excluding hydrogens is 311 g/mol. The van der Waals surface area contributed by atoms with Gasteiger partial charge in [-0.1, -0.05) is 29.8 Å². The van der Waals surface area contributed by atoms with E-state index in [1.807, 2.05) is 0 Å². The van der Waals surface area contributed by atoms with Gasteiger partial charge in [0, 0.05) is 24.1 Å². The maximum Gasteiger partial charge on any atom is 0.123 e. The van der Waals surface area contributed by atoms with Crippen LogP contribution in [0.15, 0.2) is 22.7 Å². The minimum absolute atomic E-state index is 0.247. The third kappa shape index (κ3) is 5.99. The van der Waals surface area contributed by atoms with Gasteiger partial charge in [0.15, 0.2) is 0 Å². The molecule has 1 aromatic rings. The number of nitrogens with one attached hydrogen (secondary N) is 1. The number of rotatable bonds is 8. The molecule has 2 N–H and O–H groups in total. The third-order valence-electron chi connectivity index (χ3n) is 3.07. The molecule has 0 bridgehead atoms. The van der Waals surface area contributed by atoms with Gasteiger partial charge in [0.2, 0.25) is 0 Å². The molecule has 1 unspecified atom stereocenters. The SMILES string of the molecule is CCN(CC)CC(O)CNCc1cc(F)ccc1Br. The van der Waals surface area contributed by atoms with E-state index in [4.69, 9.17) is 0 Å². The minimum Gasteiger partial charge on any atom is -0.390 e. The van der Waals surface area contributed by atoms with Crippen molar-refractivity contribution in [2.45, 2.75) is 26.5 Å². The Balaban J connectivity index is 2.35. The Morgan fingerprint density at radius 2 is 2.05 bits per heavy atom. The summed E-state index contributed by atoms with van der Waals surface area (Å²) < 4.78 is 14.0. The number of hydrogen-bond acceptors (Lipinski definition) is 3. The first kappa shape index (κ1) is 16.6. The molecule has 1 atom stereocenters. The molecule has 19 heavy (non-hydrogen) atoms. The molecule has 1 rings (SSSR count). The van der Waals surface area contributed by atoms with E-state index in [-0.39, 0.29) is 5.82 Å². The fourth-order valence-corrected chi connectivity index (χ4v) is 2.28. The van der Waals surface area contributed by atoms with Crippen molar-refractivity contribution in [1.82, 2.24) is 10.2 Å². The highest BCUT2D eigenvalue weighted by molar-refractivity contribution is 9.10. The van der Waals surface area contributed by atoms with Crippen LogP contribution in [0, 0.1) is 5.82 Å². The van der Waals surface area contributed by atoms with Gasteiger partial charge in [-0.3, -0.25) is 0 Å². The second-order valence-corrected chi connectivity index (χ2v) is 5.36. The predicted molar refractivity (Wildman–Crippen MR) is 79.6 cm³/mol. The molecule has 5 heteroatoms. The Bertz CT molecular complexity index is 386. The van der Waals surface area contributed by atoms with Crippen molar-refractivity contribution in [1.29, 1.82) is 0 Å². The number of benzene rings is 1. The maximum atomic E-state index is 13.1. The van der Waals surface area contributed by atoms with Crippen molar-refractivity contribution in [2.75, 3.05) is 26.2 Å². The van der Waals surface area contributed by atoms with Crippen LogP contribution in [-0.4, -0.2) is 42.3 Å². The van der Waals surface area contributed by atoms with Crippen LogP contribution in [0.1, 0.15) is 19.4 Å². The van der Waals surface area contributed by atoms with Crippen LogP contribution in [-0.2, 0) is 6.54 Å². The van der Waals surface area contributed by atoms with E-state index in [0.29, 0.717) is 19.6 Å². The number of aliphatic hydroxyl groups is 1. The minimum atomic E-state index is -0.410. The van der Waals surface area contributed by atoms with Crippen molar-refractivity contribution in [3.63, 3.8) is 0 Å². The molecule has 0 saturated carbocycles. The Hall–Kier alpha value is -0.490. The summed E-state index contributed by atoms with van der Waals surface area (Å²) in [6.07, 6.45) is -0.410. The molecule has 0 aliphatic carbocycles. The largest absolute Gasteiger partial charge is 0.390 e. The van der Waals surface area contributed by atoms with Gasteiger partial charge in [-0.15, -0.1) is 0 Å². The molecule has 0 heterocycles. The standard InChI is InChI=1S/C14H22BrFN2O/c1-3-18(4-2)10-13(19)9-17-8-11-7-12(16)5-6-14(11)15/h5-7,13,17,19H,3-4,8-10H2,1-2H3. The summed E-state index contributed by atoms with van der Waals surface area (Å²) in [5.41, 5.74) is 0.857. The quantitative estimate of drug-likeness (QED) is 0.767. The van der Waals surface area contributed by atoms with Gasteiger partial charge < -0.3 is 15.3 Å². The Morgan fingerprint density at radius 3 is 2.68 bits per heavy atom. The number of nitrogens with zero attached hydrogens (tertiary/aromatic N) is 1. The first-order valence-electron chi connectivity index (χ1n) is 6.61. The lowest BCUT2D eigenvalue weighted by Gasteiger charge is -2.22. The molecule has 3 nitrogen and oxygen atoms in total. The number of hydrogen-bond donors (Lipinski definition) is 2. The van der Waals surface area contributed by atoms with Gasteiger partial charge in [-0.25, -0.2) is 4.39 Å². The number of likely N-dealkylation sites (N-methyl/N-ethyl adjacent to an activating group) is 1. The summed E-state index contributed by atoms with van der Waals surface area (Å²) in [5.74, 6) is -0.247. The van der Waals surface area contributed by atoms with Crippen LogP contribution in [0.25, 0.3) is 0 Å². The molecule has 0 radical (unpaired) electrons. The van der Waals surface area contributed by atoms with Crippen molar-refractivity contribution < 1.29 is 9.50 Å². The smallest absolute Gasteiger partial charge is 0.123 e. The van der Waals surface area contributed by atoms with E-state index >= 15 is 0 Å². The van der Waals surface area contributed by atoms with Crippen LogP contribution in [0.3, 0.4) is 0 Å². The monoisotopic (exact) mass is 332 g/mol. The topological polar surface area (TPSA) is 35.5 Å². The lowest BCUT2D eigenvalue weighted by atomic mass is 10.2. The van der Waals surface area contributed by atoms with E-state index in [0.717, 1.165) is 23.1 Å². The van der Waals surface area contributed by atoms with Crippen LogP contribution in [0.2, 0.25) is 0 Å². The first-order valence-corrected chi connectivity index (χ1v) is 7.41. The zero-order valence-electron chi connectivity index (χ0n) is 11.5. The molecule has 0 aromatic heterocycles. The number of aliphatic hydroxyl groups excluding tert-OH is 1. The van der Waals surface area contributed by atoms with Gasteiger partial charge in [0.05, 0.1) is 6.10 Å². The lowest BCUT2D eigenvalue weighted by Crippen LogP contribution is -2.38. The van der Waals surface area contributed by atoms with Crippen molar-refractivity contribution in [3.8, 4) is 0 Å². The van der Waals surface area contributed by atoms with E-state index in [1.165, 1.54) is 12.1 Å². The van der Waals surface area contributed by atoms with Crippen molar-refractivity contribution >= 4 is 15.9 Å². The van der Waals surface area contributed by atoms with Crippen molar-refractivity contribution in [3.05, 3.63) is 34.1 Å². The van der Waals surface area contributed by atoms with Gasteiger partial charge in [0.25, 0.3) is 0 Å². The highest BCUT2D eigenvalue weighted by Crippen LogP contribution is 2.17. The normalized spacial score (nSPS) is 12.9. The highest BCUT2D eigenvalue weighted by Gasteiger charge is 2.09. The van der Waals surface area contributed by atoms with E-state index < -0.39 is 6.10 Å². The van der Waals surface area contributed by atoms with E-state index in [2.05, 4.69) is 40.0 Å². The molecule has 0 aliphatic rings. The van der Waals surface area contributed by atoms with Crippen LogP contribution in [0.5, 0.6) is 0 Å². The van der Waals surface area contributed by atoms with E-state index in [1.54, 1.807) is 6.07 Å². The first-order chi connectivity index (χ1) is 9.06. The van der Waals surface area contributed by atoms with Crippen molar-refractivity contribution in [2.24, 2.45) is 0 Å². The summed E-state index contributed by atoms with van der Waals surface area (Å²) in [5, 5.41) is 13.0. The maximum absolute atomic E-state index is 13.1. The zero-order valence-corrected chi connectivity index (χ0v) is 13.1. The van der Waals surface area contributed by atoms with E-state index in [9.17, 15) is 9.50 Å². The molecular formula is C14H22BrFN2O. The summed E-state index contributed by atoms with van der Waals surface area (Å²) in [6.45, 7) is 7.71. The Labute approximate surface area is 122 Å². The second-order valence-electron chi connectivity index (χ2n) is 4.51. The Morgan fingerprint density at radius 1 is 1.37 bits per heavy atom. The van der Waals surface area contributed by atoms with Gasteiger partial charge in [0.1, 0.15) is 5.82 Å². The molecule has 0 aliphatic heterocycles. The molecule has 108 valence electrons. The van der Waals surface area contributed by atoms with Crippen LogP contribution < -0.4 is 5.32 Å². The fraction of sp³-hybridized carbons (Fsp3) is 0.571. The molecule has 0 saturated heterocycles. The lowest BCUT2D eigenvalue weighted by molar-refractivity contribution is 0.116. The summed E-state index contributed by atoms with van der Waals surface area (Å²) in [6, 6.07) is 4.61. The van der Waals surface area contributed by atoms with Gasteiger partial charge in [-0.2, -0.15) is 0 Å². The van der Waals surface area contributed by atoms with Crippen LogP contribution in [0.4, 0.5) is 4.39 Å². The summed E-state index contributed by atoms with van der Waals surface area (Å²) >= 11 is 3.38. The van der Waals surface area contributed by atoms with Crippen LogP contribution >= 0.6 is 15.9 Å². The highest BCUT2D eigenvalue weighted by atomic mass is 79.9. The van der Waals surface area contributed by atoms with Gasteiger partial charge in [-0.05, 0) is 36.9 Å². The average molecular weight is 333 g/mol. The van der Waals surface area contributed by atoms with Gasteiger partial charge >= 0.3 is 0 Å².